The van der Waals surface area contributed by atoms with E-state index in [1.54, 1.807) is 0 Å². The van der Waals surface area contributed by atoms with Gasteiger partial charge in [-0.05, 0) is 36.5 Å². The Labute approximate surface area is 120 Å². The molecule has 0 spiro atoms. The number of amides is 2. The van der Waals surface area contributed by atoms with Crippen LogP contribution in [-0.4, -0.2) is 23.7 Å². The number of carboxylic acids is 1. The molecule has 1 atom stereocenters. The first-order valence-electron chi connectivity index (χ1n) is 6.71. The lowest BCUT2D eigenvalue weighted by molar-refractivity contribution is -0.136. The molecule has 0 saturated heterocycles. The largest absolute Gasteiger partial charge is 0.481 e. The van der Waals surface area contributed by atoms with Gasteiger partial charge in [0, 0.05) is 12.6 Å². The van der Waals surface area contributed by atoms with Crippen LogP contribution in [0.3, 0.4) is 0 Å². The highest BCUT2D eigenvalue weighted by Gasteiger charge is 2.25. The lowest BCUT2D eigenvalue weighted by atomic mass is 9.87. The summed E-state index contributed by atoms with van der Waals surface area (Å²) in [6, 6.07) is 1.07. The SMILES string of the molecule is O=C(O)CCNC(=O)N[C@H]1CCCc2c(F)cc(F)cc21. The van der Waals surface area contributed by atoms with Crippen LogP contribution in [0.1, 0.15) is 36.4 Å². The summed E-state index contributed by atoms with van der Waals surface area (Å²) in [4.78, 5) is 22.0. The van der Waals surface area contributed by atoms with Gasteiger partial charge in [-0.1, -0.05) is 0 Å². The number of fused-ring (bicyclic) bond motifs is 1. The Morgan fingerprint density at radius 1 is 1.33 bits per heavy atom. The van der Waals surface area contributed by atoms with Crippen LogP contribution < -0.4 is 10.6 Å². The highest BCUT2D eigenvalue weighted by molar-refractivity contribution is 5.75. The molecule has 2 amide bonds. The summed E-state index contributed by atoms with van der Waals surface area (Å²) in [7, 11) is 0. The van der Waals surface area contributed by atoms with Crippen molar-refractivity contribution in [2.45, 2.75) is 31.7 Å². The second-order valence-electron chi connectivity index (χ2n) is 4.94. The number of halogens is 2. The van der Waals surface area contributed by atoms with E-state index < -0.39 is 29.7 Å². The topological polar surface area (TPSA) is 78.4 Å². The van der Waals surface area contributed by atoms with Crippen LogP contribution in [0.5, 0.6) is 0 Å². The van der Waals surface area contributed by atoms with E-state index in [1.165, 1.54) is 6.07 Å². The summed E-state index contributed by atoms with van der Waals surface area (Å²) in [5.41, 5.74) is 0.880. The third-order valence-corrected chi connectivity index (χ3v) is 3.42. The normalized spacial score (nSPS) is 17.0. The van der Waals surface area contributed by atoms with Crippen LogP contribution in [0.4, 0.5) is 13.6 Å². The van der Waals surface area contributed by atoms with Crippen LogP contribution in [0, 0.1) is 11.6 Å². The molecule has 0 saturated carbocycles. The van der Waals surface area contributed by atoms with Gasteiger partial charge in [0.05, 0.1) is 12.5 Å². The van der Waals surface area contributed by atoms with Crippen LogP contribution in [0.2, 0.25) is 0 Å². The van der Waals surface area contributed by atoms with E-state index in [2.05, 4.69) is 10.6 Å². The summed E-state index contributed by atoms with van der Waals surface area (Å²) in [5, 5.41) is 13.5. The van der Waals surface area contributed by atoms with Crippen molar-refractivity contribution >= 4 is 12.0 Å². The smallest absolute Gasteiger partial charge is 0.315 e. The number of aliphatic carboxylic acids is 1. The summed E-state index contributed by atoms with van der Waals surface area (Å²) < 4.78 is 27.0. The Bertz CT molecular complexity index is 563. The predicted molar refractivity (Wildman–Crippen MR) is 70.8 cm³/mol. The molecule has 1 aromatic carbocycles. The molecule has 21 heavy (non-hydrogen) atoms. The van der Waals surface area contributed by atoms with Gasteiger partial charge in [-0.2, -0.15) is 0 Å². The zero-order valence-corrected chi connectivity index (χ0v) is 11.3. The molecule has 7 heteroatoms. The maximum atomic E-state index is 13.7. The molecule has 2 rings (SSSR count). The van der Waals surface area contributed by atoms with Crippen LogP contribution in [0.25, 0.3) is 0 Å². The molecule has 0 heterocycles. The Hall–Kier alpha value is -2.18. The second kappa shape index (κ2) is 6.51. The van der Waals surface area contributed by atoms with Crippen molar-refractivity contribution in [3.63, 3.8) is 0 Å². The van der Waals surface area contributed by atoms with Gasteiger partial charge in [-0.25, -0.2) is 13.6 Å². The van der Waals surface area contributed by atoms with E-state index in [4.69, 9.17) is 5.11 Å². The van der Waals surface area contributed by atoms with Gasteiger partial charge in [-0.15, -0.1) is 0 Å². The van der Waals surface area contributed by atoms with E-state index >= 15 is 0 Å². The minimum atomic E-state index is -1.01. The first kappa shape index (κ1) is 15.2. The number of urea groups is 1. The first-order chi connectivity index (χ1) is 9.97. The van der Waals surface area contributed by atoms with Crippen LogP contribution in [-0.2, 0) is 11.2 Å². The van der Waals surface area contributed by atoms with Crippen molar-refractivity contribution in [1.82, 2.24) is 10.6 Å². The van der Waals surface area contributed by atoms with Crippen molar-refractivity contribution in [1.29, 1.82) is 0 Å². The number of carbonyl (C=O) groups excluding carboxylic acids is 1. The molecule has 3 N–H and O–H groups in total. The van der Waals surface area contributed by atoms with Crippen molar-refractivity contribution in [2.24, 2.45) is 0 Å². The third-order valence-electron chi connectivity index (χ3n) is 3.42. The Morgan fingerprint density at radius 2 is 2.10 bits per heavy atom. The van der Waals surface area contributed by atoms with Gasteiger partial charge in [0.15, 0.2) is 0 Å². The number of carbonyl (C=O) groups is 2. The lowest BCUT2D eigenvalue weighted by Crippen LogP contribution is -2.40. The zero-order chi connectivity index (χ0) is 15.4. The van der Waals surface area contributed by atoms with E-state index in [0.717, 1.165) is 6.07 Å². The fourth-order valence-electron chi connectivity index (χ4n) is 2.48. The van der Waals surface area contributed by atoms with E-state index in [9.17, 15) is 18.4 Å². The number of hydrogen-bond donors (Lipinski definition) is 3. The second-order valence-corrected chi connectivity index (χ2v) is 4.94. The number of nitrogens with one attached hydrogen (secondary N) is 2. The minimum Gasteiger partial charge on any atom is -0.481 e. The van der Waals surface area contributed by atoms with E-state index in [1.807, 2.05) is 0 Å². The lowest BCUT2D eigenvalue weighted by Gasteiger charge is -2.26. The summed E-state index contributed by atoms with van der Waals surface area (Å²) in [5.74, 6) is -2.28. The molecule has 0 unspecified atom stereocenters. The van der Waals surface area contributed by atoms with Crippen molar-refractivity contribution in [3.8, 4) is 0 Å². The summed E-state index contributed by atoms with van der Waals surface area (Å²) in [6.45, 7) is -0.00173. The molecule has 114 valence electrons. The maximum absolute atomic E-state index is 13.7. The predicted octanol–water partition coefficient (Wildman–Crippen LogP) is 2.12. The van der Waals surface area contributed by atoms with Gasteiger partial charge >= 0.3 is 12.0 Å². The summed E-state index contributed by atoms with van der Waals surface area (Å²) >= 11 is 0. The third kappa shape index (κ3) is 3.90. The van der Waals surface area contributed by atoms with Gasteiger partial charge in [0.2, 0.25) is 0 Å². The van der Waals surface area contributed by atoms with Crippen LogP contribution in [0.15, 0.2) is 12.1 Å². The molecule has 0 radical (unpaired) electrons. The first-order valence-corrected chi connectivity index (χ1v) is 6.71. The molecule has 0 aliphatic heterocycles. The number of rotatable bonds is 4. The van der Waals surface area contributed by atoms with Crippen molar-refractivity contribution < 1.29 is 23.5 Å². The summed E-state index contributed by atoms with van der Waals surface area (Å²) in [6.07, 6.45) is 1.61. The number of benzene rings is 1. The Kier molecular flexibility index (Phi) is 4.72. The quantitative estimate of drug-likeness (QED) is 0.796. The monoisotopic (exact) mass is 298 g/mol. The molecule has 1 aromatic rings. The molecular formula is C14H16F2N2O3. The number of carboxylic acid groups (broad SMARTS) is 1. The Morgan fingerprint density at radius 3 is 2.81 bits per heavy atom. The number of hydrogen-bond acceptors (Lipinski definition) is 2. The maximum Gasteiger partial charge on any atom is 0.315 e. The zero-order valence-electron chi connectivity index (χ0n) is 11.3. The van der Waals surface area contributed by atoms with Gasteiger partial charge < -0.3 is 15.7 Å². The average molecular weight is 298 g/mol. The molecular weight excluding hydrogens is 282 g/mol. The molecule has 5 nitrogen and oxygen atoms in total. The molecule has 0 aromatic heterocycles. The van der Waals surface area contributed by atoms with Gasteiger partial charge in [0.1, 0.15) is 11.6 Å². The van der Waals surface area contributed by atoms with E-state index in [-0.39, 0.29) is 13.0 Å². The van der Waals surface area contributed by atoms with Crippen LogP contribution >= 0.6 is 0 Å². The minimum absolute atomic E-state index is 0.00173. The van der Waals surface area contributed by atoms with Gasteiger partial charge in [0.25, 0.3) is 0 Å². The fourth-order valence-corrected chi connectivity index (χ4v) is 2.48. The fraction of sp³-hybridized carbons (Fsp3) is 0.429. The molecule has 1 aliphatic rings. The van der Waals surface area contributed by atoms with Gasteiger partial charge in [-0.3, -0.25) is 4.79 Å². The molecule has 1 aliphatic carbocycles. The Balaban J connectivity index is 2.03. The molecule has 0 fully saturated rings. The average Bonchev–Trinajstić information content (AvgIpc) is 2.39. The highest BCUT2D eigenvalue weighted by atomic mass is 19.1. The van der Waals surface area contributed by atoms with Crippen molar-refractivity contribution in [2.75, 3.05) is 6.54 Å². The van der Waals surface area contributed by atoms with E-state index in [0.29, 0.717) is 30.4 Å². The van der Waals surface area contributed by atoms with Crippen molar-refractivity contribution in [3.05, 3.63) is 34.9 Å². The standard InChI is InChI=1S/C14H16F2N2O3/c15-8-6-10-9(11(16)7-8)2-1-3-12(10)18-14(21)17-5-4-13(19)20/h6-7,12H,1-5H2,(H,19,20)(H2,17,18,21)/t12-/m0/s1. The highest BCUT2D eigenvalue weighted by Crippen LogP contribution is 2.32. The molecule has 0 bridgehead atoms.